The van der Waals surface area contributed by atoms with Gasteiger partial charge in [-0.05, 0) is 25.6 Å². The monoisotopic (exact) mass is 246 g/mol. The van der Waals surface area contributed by atoms with Gasteiger partial charge in [-0.25, -0.2) is 0 Å². The van der Waals surface area contributed by atoms with E-state index in [0.29, 0.717) is 11.3 Å². The standard InChI is InChI=1S/C12H26N2OS/c1-5-14(10(2)8-15-4)12(9-13)6-7-16-11(12)3/h10-11H,5-9,13H2,1-4H3. The van der Waals surface area contributed by atoms with Crippen molar-refractivity contribution in [1.82, 2.24) is 4.90 Å². The molecule has 0 aromatic carbocycles. The first-order valence-electron chi connectivity index (χ1n) is 6.19. The lowest BCUT2D eigenvalue weighted by Crippen LogP contribution is -2.61. The van der Waals surface area contributed by atoms with Gasteiger partial charge in [0.05, 0.1) is 6.61 Å². The Morgan fingerprint density at radius 2 is 2.31 bits per heavy atom. The minimum absolute atomic E-state index is 0.178. The third-order valence-electron chi connectivity index (χ3n) is 3.87. The molecule has 96 valence electrons. The second-order valence-electron chi connectivity index (χ2n) is 4.66. The van der Waals surface area contributed by atoms with Crippen molar-refractivity contribution in [2.45, 2.75) is 44.0 Å². The summed E-state index contributed by atoms with van der Waals surface area (Å²) in [4.78, 5) is 2.54. The highest BCUT2D eigenvalue weighted by molar-refractivity contribution is 8.00. The largest absolute Gasteiger partial charge is 0.383 e. The van der Waals surface area contributed by atoms with Gasteiger partial charge in [-0.2, -0.15) is 11.8 Å². The number of nitrogens with two attached hydrogens (primary N) is 1. The maximum Gasteiger partial charge on any atom is 0.0615 e. The molecule has 1 aliphatic heterocycles. The van der Waals surface area contributed by atoms with Gasteiger partial charge in [-0.15, -0.1) is 0 Å². The molecule has 1 heterocycles. The van der Waals surface area contributed by atoms with Crippen LogP contribution in [0.2, 0.25) is 0 Å². The maximum atomic E-state index is 6.07. The number of hydrogen-bond acceptors (Lipinski definition) is 4. The number of rotatable bonds is 6. The van der Waals surface area contributed by atoms with Gasteiger partial charge >= 0.3 is 0 Å². The second-order valence-corrected chi connectivity index (χ2v) is 6.11. The number of ether oxygens (including phenoxy) is 1. The molecule has 0 aliphatic carbocycles. The van der Waals surface area contributed by atoms with Crippen LogP contribution in [-0.2, 0) is 4.74 Å². The zero-order valence-electron chi connectivity index (χ0n) is 11.0. The Labute approximate surface area is 104 Å². The molecule has 0 aromatic rings. The second kappa shape index (κ2) is 6.24. The van der Waals surface area contributed by atoms with E-state index >= 15 is 0 Å². The summed E-state index contributed by atoms with van der Waals surface area (Å²) in [7, 11) is 1.77. The molecular formula is C12H26N2OS. The van der Waals surface area contributed by atoms with Gasteiger partial charge in [0.2, 0.25) is 0 Å². The van der Waals surface area contributed by atoms with E-state index in [1.54, 1.807) is 7.11 Å². The van der Waals surface area contributed by atoms with E-state index in [1.165, 1.54) is 12.2 Å². The molecule has 4 heteroatoms. The highest BCUT2D eigenvalue weighted by atomic mass is 32.2. The fourth-order valence-electron chi connectivity index (χ4n) is 2.93. The number of nitrogens with zero attached hydrogens (tertiary/aromatic N) is 1. The van der Waals surface area contributed by atoms with Gasteiger partial charge in [0.1, 0.15) is 0 Å². The Hall–Kier alpha value is 0.230. The maximum absolute atomic E-state index is 6.07. The number of methoxy groups -OCH3 is 1. The van der Waals surface area contributed by atoms with Crippen LogP contribution < -0.4 is 5.73 Å². The van der Waals surface area contributed by atoms with Crippen molar-refractivity contribution in [2.75, 3.05) is 32.6 Å². The first-order chi connectivity index (χ1) is 7.62. The first-order valence-corrected chi connectivity index (χ1v) is 7.24. The Balaban J connectivity index is 2.82. The normalized spacial score (nSPS) is 32.2. The van der Waals surface area contributed by atoms with Gasteiger partial charge < -0.3 is 10.5 Å². The number of likely N-dealkylation sites (N-methyl/N-ethyl adjacent to an activating group) is 1. The fraction of sp³-hybridized carbons (Fsp3) is 1.00. The van der Waals surface area contributed by atoms with Crippen LogP contribution in [0.3, 0.4) is 0 Å². The van der Waals surface area contributed by atoms with Gasteiger partial charge in [0.15, 0.2) is 0 Å². The quantitative estimate of drug-likeness (QED) is 0.772. The summed E-state index contributed by atoms with van der Waals surface area (Å²) in [5.41, 5.74) is 6.25. The molecule has 16 heavy (non-hydrogen) atoms. The smallest absolute Gasteiger partial charge is 0.0615 e. The van der Waals surface area contributed by atoms with Crippen LogP contribution in [0.5, 0.6) is 0 Å². The summed E-state index contributed by atoms with van der Waals surface area (Å²) < 4.78 is 5.28. The van der Waals surface area contributed by atoms with Gasteiger partial charge in [0.25, 0.3) is 0 Å². The van der Waals surface area contributed by atoms with Crippen molar-refractivity contribution >= 4 is 11.8 Å². The SMILES string of the molecule is CCN(C(C)COC)C1(CN)CCSC1C. The third-order valence-corrected chi connectivity index (χ3v) is 5.24. The van der Waals surface area contributed by atoms with Crippen LogP contribution in [0.25, 0.3) is 0 Å². The van der Waals surface area contributed by atoms with Gasteiger partial charge in [0, 0.05) is 30.5 Å². The van der Waals surface area contributed by atoms with Crippen molar-refractivity contribution in [2.24, 2.45) is 5.73 Å². The van der Waals surface area contributed by atoms with E-state index in [-0.39, 0.29) is 5.54 Å². The van der Waals surface area contributed by atoms with Crippen molar-refractivity contribution in [1.29, 1.82) is 0 Å². The van der Waals surface area contributed by atoms with Crippen molar-refractivity contribution in [3.05, 3.63) is 0 Å². The molecule has 0 saturated carbocycles. The predicted octanol–water partition coefficient (Wildman–Crippen LogP) is 1.57. The summed E-state index contributed by atoms with van der Waals surface area (Å²) in [6.45, 7) is 9.36. The summed E-state index contributed by atoms with van der Waals surface area (Å²) >= 11 is 2.05. The average Bonchev–Trinajstić information content (AvgIpc) is 2.63. The molecule has 3 unspecified atom stereocenters. The number of hydrogen-bond donors (Lipinski definition) is 1. The Kier molecular flexibility index (Phi) is 5.57. The van der Waals surface area contributed by atoms with Gasteiger partial charge in [-0.1, -0.05) is 13.8 Å². The molecular weight excluding hydrogens is 220 g/mol. The van der Waals surface area contributed by atoms with Gasteiger partial charge in [-0.3, -0.25) is 4.90 Å². The lowest BCUT2D eigenvalue weighted by Gasteiger charge is -2.46. The predicted molar refractivity (Wildman–Crippen MR) is 72.0 cm³/mol. The molecule has 0 spiro atoms. The zero-order chi connectivity index (χ0) is 12.2. The first kappa shape index (κ1) is 14.3. The van der Waals surface area contributed by atoms with Crippen LogP contribution in [-0.4, -0.2) is 54.3 Å². The molecule has 3 nitrogen and oxygen atoms in total. The summed E-state index contributed by atoms with van der Waals surface area (Å²) in [5, 5.41) is 0.622. The van der Waals surface area contributed by atoms with Crippen LogP contribution >= 0.6 is 11.8 Å². The van der Waals surface area contributed by atoms with Crippen molar-refractivity contribution < 1.29 is 4.74 Å². The molecule has 0 amide bonds. The molecule has 0 aromatic heterocycles. The minimum atomic E-state index is 0.178. The summed E-state index contributed by atoms with van der Waals surface area (Å²) in [5.74, 6) is 1.23. The van der Waals surface area contributed by atoms with E-state index in [1.807, 2.05) is 11.8 Å². The van der Waals surface area contributed by atoms with E-state index in [2.05, 4.69) is 25.7 Å². The Bertz CT molecular complexity index is 215. The Morgan fingerprint density at radius 3 is 2.69 bits per heavy atom. The van der Waals surface area contributed by atoms with E-state index in [9.17, 15) is 0 Å². The van der Waals surface area contributed by atoms with Crippen molar-refractivity contribution in [3.63, 3.8) is 0 Å². The fourth-order valence-corrected chi connectivity index (χ4v) is 4.41. The molecule has 1 aliphatic rings. The Morgan fingerprint density at radius 1 is 1.62 bits per heavy atom. The molecule has 1 rings (SSSR count). The van der Waals surface area contributed by atoms with E-state index in [4.69, 9.17) is 10.5 Å². The third kappa shape index (κ3) is 2.55. The molecule has 1 saturated heterocycles. The minimum Gasteiger partial charge on any atom is -0.383 e. The lowest BCUT2D eigenvalue weighted by atomic mass is 9.89. The summed E-state index contributed by atoms with van der Waals surface area (Å²) in [6, 6.07) is 0.444. The van der Waals surface area contributed by atoms with E-state index < -0.39 is 0 Å². The highest BCUT2D eigenvalue weighted by Crippen LogP contribution is 2.40. The van der Waals surface area contributed by atoms with Crippen LogP contribution in [0, 0.1) is 0 Å². The van der Waals surface area contributed by atoms with E-state index in [0.717, 1.165) is 19.7 Å². The highest BCUT2D eigenvalue weighted by Gasteiger charge is 2.45. The topological polar surface area (TPSA) is 38.5 Å². The molecule has 0 bridgehead atoms. The summed E-state index contributed by atoms with van der Waals surface area (Å²) in [6.07, 6.45) is 1.21. The van der Waals surface area contributed by atoms with Crippen LogP contribution in [0.1, 0.15) is 27.2 Å². The van der Waals surface area contributed by atoms with Crippen LogP contribution in [0.4, 0.5) is 0 Å². The van der Waals surface area contributed by atoms with Crippen molar-refractivity contribution in [3.8, 4) is 0 Å². The molecule has 3 atom stereocenters. The molecule has 2 N–H and O–H groups in total. The zero-order valence-corrected chi connectivity index (χ0v) is 11.8. The lowest BCUT2D eigenvalue weighted by molar-refractivity contribution is 0.0225. The number of thioether (sulfide) groups is 1. The van der Waals surface area contributed by atoms with Crippen LogP contribution in [0.15, 0.2) is 0 Å². The molecule has 1 fully saturated rings. The average molecular weight is 246 g/mol. The molecule has 0 radical (unpaired) electrons.